The number of hydrogen-bond donors (Lipinski definition) is 0. The van der Waals surface area contributed by atoms with Crippen LogP contribution in [0.2, 0.25) is 0 Å². The molecule has 0 aliphatic heterocycles. The molecule has 0 aliphatic rings. The van der Waals surface area contributed by atoms with Gasteiger partial charge in [-0.25, -0.2) is 9.37 Å². The number of rotatable bonds is 5. The predicted molar refractivity (Wildman–Crippen MR) is 99.3 cm³/mol. The molecule has 4 rings (SSSR count). The lowest BCUT2D eigenvalue weighted by atomic mass is 10.2. The highest BCUT2D eigenvalue weighted by molar-refractivity contribution is 5.75. The van der Waals surface area contributed by atoms with E-state index in [1.165, 1.54) is 12.1 Å². The van der Waals surface area contributed by atoms with Crippen LogP contribution in [0, 0.1) is 5.82 Å². The molecule has 0 aliphatic carbocycles. The standard InChI is InChI=1S/C21H16FN3O/c22-18-8-6-17(7-9-18)20-14-24-13-19(10-11-21(24)23-20)25(15-26)12-16-4-2-1-3-5-16/h1-11,13-15H,12H2. The van der Waals surface area contributed by atoms with E-state index in [2.05, 4.69) is 4.98 Å². The number of anilines is 1. The van der Waals surface area contributed by atoms with E-state index in [4.69, 9.17) is 0 Å². The molecule has 2 aromatic carbocycles. The average molecular weight is 345 g/mol. The summed E-state index contributed by atoms with van der Waals surface area (Å²) in [7, 11) is 0. The summed E-state index contributed by atoms with van der Waals surface area (Å²) < 4.78 is 15.0. The molecule has 0 bridgehead atoms. The summed E-state index contributed by atoms with van der Waals surface area (Å²) in [5, 5.41) is 0. The third-order valence-corrected chi connectivity index (χ3v) is 4.23. The van der Waals surface area contributed by atoms with Crippen molar-refractivity contribution in [3.05, 3.63) is 90.5 Å². The fourth-order valence-electron chi connectivity index (χ4n) is 2.88. The predicted octanol–water partition coefficient (Wildman–Crippen LogP) is 4.30. The van der Waals surface area contributed by atoms with Crippen LogP contribution < -0.4 is 4.90 Å². The third-order valence-electron chi connectivity index (χ3n) is 4.23. The smallest absolute Gasteiger partial charge is 0.214 e. The molecule has 0 N–H and O–H groups in total. The van der Waals surface area contributed by atoms with Gasteiger partial charge in [-0.15, -0.1) is 0 Å². The largest absolute Gasteiger partial charge is 0.309 e. The van der Waals surface area contributed by atoms with Gasteiger partial charge in [-0.3, -0.25) is 4.79 Å². The van der Waals surface area contributed by atoms with Gasteiger partial charge in [0.25, 0.3) is 0 Å². The number of benzene rings is 2. The second kappa shape index (κ2) is 6.80. The van der Waals surface area contributed by atoms with Gasteiger partial charge in [0.1, 0.15) is 11.5 Å². The zero-order valence-electron chi connectivity index (χ0n) is 13.9. The van der Waals surface area contributed by atoms with Crippen LogP contribution in [0.25, 0.3) is 16.9 Å². The van der Waals surface area contributed by atoms with E-state index in [0.717, 1.165) is 34.6 Å². The molecule has 128 valence electrons. The molecule has 0 saturated carbocycles. The Morgan fingerprint density at radius 1 is 0.962 bits per heavy atom. The van der Waals surface area contributed by atoms with Crippen molar-refractivity contribution < 1.29 is 9.18 Å². The maximum Gasteiger partial charge on any atom is 0.214 e. The van der Waals surface area contributed by atoms with Crippen LogP contribution in [0.1, 0.15) is 5.56 Å². The van der Waals surface area contributed by atoms with E-state index in [1.54, 1.807) is 17.0 Å². The highest BCUT2D eigenvalue weighted by atomic mass is 19.1. The Labute approximate surface area is 150 Å². The van der Waals surface area contributed by atoms with Crippen molar-refractivity contribution in [2.75, 3.05) is 4.90 Å². The van der Waals surface area contributed by atoms with Crippen molar-refractivity contribution in [3.8, 4) is 11.3 Å². The summed E-state index contributed by atoms with van der Waals surface area (Å²) in [5.41, 5.74) is 4.19. The average Bonchev–Trinajstić information content (AvgIpc) is 3.10. The van der Waals surface area contributed by atoms with Gasteiger partial charge >= 0.3 is 0 Å². The first-order valence-electron chi connectivity index (χ1n) is 8.23. The van der Waals surface area contributed by atoms with Gasteiger partial charge in [0.05, 0.1) is 17.9 Å². The van der Waals surface area contributed by atoms with Crippen LogP contribution in [-0.4, -0.2) is 15.8 Å². The number of imidazole rings is 1. The van der Waals surface area contributed by atoms with Crippen LogP contribution >= 0.6 is 0 Å². The van der Waals surface area contributed by atoms with Gasteiger partial charge in [-0.05, 0) is 42.0 Å². The fraction of sp³-hybridized carbons (Fsp3) is 0.0476. The van der Waals surface area contributed by atoms with Crippen LogP contribution in [0.3, 0.4) is 0 Å². The number of carbonyl (C=O) groups is 1. The van der Waals surface area contributed by atoms with E-state index < -0.39 is 0 Å². The first-order chi connectivity index (χ1) is 12.7. The molecule has 5 heteroatoms. The second-order valence-electron chi connectivity index (χ2n) is 6.00. The molecule has 4 aromatic rings. The number of pyridine rings is 1. The van der Waals surface area contributed by atoms with E-state index in [9.17, 15) is 9.18 Å². The number of halogens is 1. The Bertz CT molecular complexity index is 1040. The summed E-state index contributed by atoms with van der Waals surface area (Å²) in [6.07, 6.45) is 4.57. The van der Waals surface area contributed by atoms with Crippen molar-refractivity contribution in [2.45, 2.75) is 6.54 Å². The molecular formula is C21H16FN3O. The van der Waals surface area contributed by atoms with Gasteiger partial charge in [0.2, 0.25) is 6.41 Å². The van der Waals surface area contributed by atoms with E-state index >= 15 is 0 Å². The van der Waals surface area contributed by atoms with E-state index in [1.807, 2.05) is 59.3 Å². The summed E-state index contributed by atoms with van der Waals surface area (Å²) in [6, 6.07) is 19.8. The molecule has 4 nitrogen and oxygen atoms in total. The lowest BCUT2D eigenvalue weighted by Crippen LogP contribution is -2.20. The van der Waals surface area contributed by atoms with Gasteiger partial charge in [-0.2, -0.15) is 0 Å². The summed E-state index contributed by atoms with van der Waals surface area (Å²) in [5.74, 6) is -0.276. The van der Waals surface area contributed by atoms with Crippen LogP contribution in [0.4, 0.5) is 10.1 Å². The van der Waals surface area contributed by atoms with Gasteiger partial charge in [-0.1, -0.05) is 30.3 Å². The molecule has 0 radical (unpaired) electrons. The van der Waals surface area contributed by atoms with Gasteiger partial charge in [0.15, 0.2) is 0 Å². The zero-order chi connectivity index (χ0) is 17.9. The van der Waals surface area contributed by atoms with Crippen molar-refractivity contribution >= 4 is 17.7 Å². The first-order valence-corrected chi connectivity index (χ1v) is 8.23. The summed E-state index contributed by atoms with van der Waals surface area (Å²) >= 11 is 0. The highest BCUT2D eigenvalue weighted by Crippen LogP contribution is 2.22. The van der Waals surface area contributed by atoms with Crippen molar-refractivity contribution in [3.63, 3.8) is 0 Å². The number of amides is 1. The van der Waals surface area contributed by atoms with E-state index in [-0.39, 0.29) is 5.82 Å². The minimum absolute atomic E-state index is 0.276. The Balaban J connectivity index is 1.66. The quantitative estimate of drug-likeness (QED) is 0.506. The maximum absolute atomic E-state index is 13.1. The van der Waals surface area contributed by atoms with Gasteiger partial charge in [0, 0.05) is 18.0 Å². The molecule has 26 heavy (non-hydrogen) atoms. The normalized spacial score (nSPS) is 10.8. The first kappa shape index (κ1) is 16.0. The zero-order valence-corrected chi connectivity index (χ0v) is 13.9. The van der Waals surface area contributed by atoms with Crippen LogP contribution in [-0.2, 0) is 11.3 Å². The molecule has 0 unspecified atom stereocenters. The van der Waals surface area contributed by atoms with E-state index in [0.29, 0.717) is 6.54 Å². The lowest BCUT2D eigenvalue weighted by Gasteiger charge is -2.17. The summed E-state index contributed by atoms with van der Waals surface area (Å²) in [6.45, 7) is 0.495. The number of aromatic nitrogens is 2. The molecule has 2 heterocycles. The molecule has 0 atom stereocenters. The SMILES string of the molecule is O=CN(Cc1ccccc1)c1ccc2nc(-c3ccc(F)cc3)cn2c1. The third kappa shape index (κ3) is 3.19. The number of nitrogens with zero attached hydrogens (tertiary/aromatic N) is 3. The molecule has 1 amide bonds. The maximum atomic E-state index is 13.1. The number of fused-ring (bicyclic) bond motifs is 1. The molecule has 0 fully saturated rings. The Kier molecular flexibility index (Phi) is 4.19. The fourth-order valence-corrected chi connectivity index (χ4v) is 2.88. The Morgan fingerprint density at radius 2 is 1.73 bits per heavy atom. The van der Waals surface area contributed by atoms with Crippen molar-refractivity contribution in [2.24, 2.45) is 0 Å². The minimum atomic E-state index is -0.276. The monoisotopic (exact) mass is 345 g/mol. The van der Waals surface area contributed by atoms with Crippen LogP contribution in [0.5, 0.6) is 0 Å². The molecule has 0 spiro atoms. The molecular weight excluding hydrogens is 329 g/mol. The highest BCUT2D eigenvalue weighted by Gasteiger charge is 2.10. The minimum Gasteiger partial charge on any atom is -0.309 e. The van der Waals surface area contributed by atoms with Crippen molar-refractivity contribution in [1.29, 1.82) is 0 Å². The number of hydrogen-bond acceptors (Lipinski definition) is 2. The number of carbonyl (C=O) groups excluding carboxylic acids is 1. The van der Waals surface area contributed by atoms with Crippen LogP contribution in [0.15, 0.2) is 79.1 Å². The Morgan fingerprint density at radius 3 is 2.46 bits per heavy atom. The molecule has 2 aromatic heterocycles. The second-order valence-corrected chi connectivity index (χ2v) is 6.00. The molecule has 0 saturated heterocycles. The summed E-state index contributed by atoms with van der Waals surface area (Å²) in [4.78, 5) is 17.8. The Hall–Kier alpha value is -3.47. The van der Waals surface area contributed by atoms with Gasteiger partial charge < -0.3 is 9.30 Å². The van der Waals surface area contributed by atoms with Crippen molar-refractivity contribution in [1.82, 2.24) is 9.38 Å². The lowest BCUT2D eigenvalue weighted by molar-refractivity contribution is -0.107. The topological polar surface area (TPSA) is 37.6 Å².